The van der Waals surface area contributed by atoms with Crippen LogP contribution in [0.5, 0.6) is 0 Å². The van der Waals surface area contributed by atoms with Crippen LogP contribution in [0.4, 0.5) is 5.69 Å². The van der Waals surface area contributed by atoms with Gasteiger partial charge in [-0.3, -0.25) is 14.3 Å². The molecule has 0 atom stereocenters. The number of anilines is 1. The molecule has 1 aromatic carbocycles. The summed E-state index contributed by atoms with van der Waals surface area (Å²) in [5.74, 6) is 0.904. The van der Waals surface area contributed by atoms with E-state index in [0.29, 0.717) is 11.7 Å². The molecule has 0 spiro atoms. The normalized spacial score (nSPS) is 10.6. The highest BCUT2D eigenvalue weighted by atomic mass is 32.2. The minimum absolute atomic E-state index is 0.0766. The summed E-state index contributed by atoms with van der Waals surface area (Å²) < 4.78 is 1.94. The Labute approximate surface area is 162 Å². The van der Waals surface area contributed by atoms with E-state index in [1.807, 2.05) is 48.7 Å². The lowest BCUT2D eigenvalue weighted by molar-refractivity contribution is -0.113. The molecule has 0 aliphatic rings. The van der Waals surface area contributed by atoms with Crippen LogP contribution in [-0.4, -0.2) is 31.4 Å². The Bertz CT molecular complexity index is 952. The van der Waals surface area contributed by atoms with E-state index in [2.05, 4.69) is 27.1 Å². The van der Waals surface area contributed by atoms with Gasteiger partial charge in [-0.1, -0.05) is 30.0 Å². The summed E-state index contributed by atoms with van der Waals surface area (Å²) in [4.78, 5) is 16.4. The summed E-state index contributed by atoms with van der Waals surface area (Å²) >= 11 is 1.35. The van der Waals surface area contributed by atoms with Crippen LogP contribution in [0.3, 0.4) is 0 Å². The number of amides is 1. The quantitative estimate of drug-likeness (QED) is 0.498. The fraction of sp³-hybridized carbons (Fsp3) is 0.200. The second kappa shape index (κ2) is 8.64. The Hall–Kier alpha value is -2.93. The fourth-order valence-corrected chi connectivity index (χ4v) is 3.34. The minimum Gasteiger partial charge on any atom is -0.325 e. The van der Waals surface area contributed by atoms with E-state index in [1.165, 1.54) is 11.8 Å². The van der Waals surface area contributed by atoms with Crippen LogP contribution in [0, 0.1) is 13.8 Å². The highest BCUT2D eigenvalue weighted by molar-refractivity contribution is 7.99. The van der Waals surface area contributed by atoms with Crippen molar-refractivity contribution >= 4 is 23.4 Å². The standard InChI is InChI=1S/C20H21N5OS/c1-4-11-25-19(16-7-9-21-10-8-16)23-24-20(25)27-13-18(26)22-17-12-14(2)5-6-15(17)3/h4-10,12H,1,11,13H2,2-3H3,(H,22,26). The molecule has 2 heterocycles. The van der Waals surface area contributed by atoms with E-state index in [-0.39, 0.29) is 11.7 Å². The van der Waals surface area contributed by atoms with E-state index in [4.69, 9.17) is 0 Å². The molecule has 1 N–H and O–H groups in total. The maximum Gasteiger partial charge on any atom is 0.234 e. The van der Waals surface area contributed by atoms with E-state index in [1.54, 1.807) is 18.5 Å². The van der Waals surface area contributed by atoms with Gasteiger partial charge in [0.25, 0.3) is 0 Å². The maximum atomic E-state index is 12.4. The minimum atomic E-state index is -0.0766. The predicted octanol–water partition coefficient (Wildman–Crippen LogP) is 3.87. The topological polar surface area (TPSA) is 72.7 Å². The molecule has 0 unspecified atom stereocenters. The Balaban J connectivity index is 1.72. The average Bonchev–Trinajstić information content (AvgIpc) is 3.07. The number of carbonyl (C=O) groups is 1. The summed E-state index contributed by atoms with van der Waals surface area (Å²) in [6.07, 6.45) is 5.22. The molecular formula is C20H21N5OS. The number of hydrogen-bond acceptors (Lipinski definition) is 5. The highest BCUT2D eigenvalue weighted by Gasteiger charge is 2.15. The lowest BCUT2D eigenvalue weighted by Gasteiger charge is -2.10. The number of nitrogens with one attached hydrogen (secondary N) is 1. The maximum absolute atomic E-state index is 12.4. The molecule has 6 nitrogen and oxygen atoms in total. The van der Waals surface area contributed by atoms with Crippen molar-refractivity contribution in [1.29, 1.82) is 0 Å². The summed E-state index contributed by atoms with van der Waals surface area (Å²) in [6, 6.07) is 9.76. The summed E-state index contributed by atoms with van der Waals surface area (Å²) in [7, 11) is 0. The molecule has 3 rings (SSSR count). The van der Waals surface area contributed by atoms with Gasteiger partial charge in [0.2, 0.25) is 5.91 Å². The van der Waals surface area contributed by atoms with Crippen LogP contribution >= 0.6 is 11.8 Å². The molecule has 1 amide bonds. The zero-order valence-electron chi connectivity index (χ0n) is 15.3. The zero-order chi connectivity index (χ0) is 19.2. The molecule has 3 aromatic rings. The summed E-state index contributed by atoms with van der Waals surface area (Å²) in [5.41, 5.74) is 3.90. The number of nitrogens with zero attached hydrogens (tertiary/aromatic N) is 4. The van der Waals surface area contributed by atoms with E-state index >= 15 is 0 Å². The van der Waals surface area contributed by atoms with Gasteiger partial charge < -0.3 is 5.32 Å². The van der Waals surface area contributed by atoms with Crippen molar-refractivity contribution in [3.8, 4) is 11.4 Å². The van der Waals surface area contributed by atoms with Gasteiger partial charge in [-0.05, 0) is 43.2 Å². The van der Waals surface area contributed by atoms with Crippen LogP contribution in [0.15, 0.2) is 60.5 Å². The van der Waals surface area contributed by atoms with Crippen LogP contribution in [0.1, 0.15) is 11.1 Å². The monoisotopic (exact) mass is 379 g/mol. The van der Waals surface area contributed by atoms with Crippen molar-refractivity contribution in [3.63, 3.8) is 0 Å². The first-order chi connectivity index (χ1) is 13.1. The fourth-order valence-electron chi connectivity index (χ4n) is 2.59. The number of aromatic nitrogens is 4. The van der Waals surface area contributed by atoms with Gasteiger partial charge in [0.15, 0.2) is 11.0 Å². The van der Waals surface area contributed by atoms with Crippen LogP contribution in [0.25, 0.3) is 11.4 Å². The Morgan fingerprint density at radius 2 is 2.00 bits per heavy atom. The van der Waals surface area contributed by atoms with Crippen molar-refractivity contribution in [2.45, 2.75) is 25.5 Å². The van der Waals surface area contributed by atoms with Crippen molar-refractivity contribution in [1.82, 2.24) is 19.7 Å². The van der Waals surface area contributed by atoms with Crippen LogP contribution < -0.4 is 5.32 Å². The second-order valence-corrected chi connectivity index (χ2v) is 7.04. The first kappa shape index (κ1) is 18.8. The number of carbonyl (C=O) groups excluding carboxylic acids is 1. The van der Waals surface area contributed by atoms with Gasteiger partial charge in [-0.2, -0.15) is 0 Å². The van der Waals surface area contributed by atoms with Crippen molar-refractivity contribution in [3.05, 3.63) is 66.5 Å². The molecule has 0 fully saturated rings. The van der Waals surface area contributed by atoms with E-state index in [9.17, 15) is 4.79 Å². The number of pyridine rings is 1. The largest absolute Gasteiger partial charge is 0.325 e. The van der Waals surface area contributed by atoms with E-state index < -0.39 is 0 Å². The molecule has 2 aromatic heterocycles. The van der Waals surface area contributed by atoms with Crippen molar-refractivity contribution in [2.24, 2.45) is 0 Å². The molecule has 0 saturated heterocycles. The molecule has 0 bridgehead atoms. The van der Waals surface area contributed by atoms with Gasteiger partial charge in [0, 0.05) is 30.2 Å². The molecular weight excluding hydrogens is 358 g/mol. The number of thioether (sulfide) groups is 1. The van der Waals surface area contributed by atoms with Crippen LogP contribution in [0.2, 0.25) is 0 Å². The number of benzene rings is 1. The Morgan fingerprint density at radius 1 is 1.22 bits per heavy atom. The smallest absolute Gasteiger partial charge is 0.234 e. The van der Waals surface area contributed by atoms with Gasteiger partial charge in [-0.25, -0.2) is 0 Å². The predicted molar refractivity (Wildman–Crippen MR) is 109 cm³/mol. The van der Waals surface area contributed by atoms with Gasteiger partial charge >= 0.3 is 0 Å². The average molecular weight is 379 g/mol. The molecule has 138 valence electrons. The third-order valence-electron chi connectivity index (χ3n) is 3.97. The van der Waals surface area contributed by atoms with Crippen LogP contribution in [-0.2, 0) is 11.3 Å². The third-order valence-corrected chi connectivity index (χ3v) is 4.93. The molecule has 27 heavy (non-hydrogen) atoms. The molecule has 0 aliphatic carbocycles. The van der Waals surface area contributed by atoms with Crippen molar-refractivity contribution in [2.75, 3.05) is 11.1 Å². The molecule has 7 heteroatoms. The summed E-state index contributed by atoms with van der Waals surface area (Å²) in [6.45, 7) is 8.34. The highest BCUT2D eigenvalue weighted by Crippen LogP contribution is 2.24. The van der Waals surface area contributed by atoms with Gasteiger partial charge in [0.1, 0.15) is 0 Å². The first-order valence-corrected chi connectivity index (χ1v) is 9.51. The SMILES string of the molecule is C=CCn1c(SCC(=O)Nc2cc(C)ccc2C)nnc1-c1ccncc1. The number of hydrogen-bond donors (Lipinski definition) is 1. The Kier molecular flexibility index (Phi) is 6.03. The number of aryl methyl sites for hydroxylation is 2. The van der Waals surface area contributed by atoms with Gasteiger partial charge in [-0.15, -0.1) is 16.8 Å². The molecule has 0 saturated carbocycles. The van der Waals surface area contributed by atoms with Crippen molar-refractivity contribution < 1.29 is 4.79 Å². The summed E-state index contributed by atoms with van der Waals surface area (Å²) in [5, 5.41) is 12.2. The number of allylic oxidation sites excluding steroid dienone is 1. The lowest BCUT2D eigenvalue weighted by Crippen LogP contribution is -2.15. The Morgan fingerprint density at radius 3 is 2.74 bits per heavy atom. The van der Waals surface area contributed by atoms with E-state index in [0.717, 1.165) is 28.2 Å². The molecule has 0 radical (unpaired) electrons. The zero-order valence-corrected chi connectivity index (χ0v) is 16.2. The lowest BCUT2D eigenvalue weighted by atomic mass is 10.1. The van der Waals surface area contributed by atoms with Gasteiger partial charge in [0.05, 0.1) is 5.75 Å². The first-order valence-electron chi connectivity index (χ1n) is 8.53. The third kappa shape index (κ3) is 4.62. The second-order valence-electron chi connectivity index (χ2n) is 6.10. The number of rotatable bonds is 7. The molecule has 0 aliphatic heterocycles.